The van der Waals surface area contributed by atoms with Crippen LogP contribution in [0, 0.1) is 0 Å². The second kappa shape index (κ2) is 5.82. The molecule has 1 aromatic heterocycles. The molecule has 0 spiro atoms. The summed E-state index contributed by atoms with van der Waals surface area (Å²) in [6.07, 6.45) is 5.07. The Kier molecular flexibility index (Phi) is 4.14. The average Bonchev–Trinajstić information content (AvgIpc) is 2.89. The van der Waals surface area contributed by atoms with Crippen molar-refractivity contribution in [3.63, 3.8) is 0 Å². The summed E-state index contributed by atoms with van der Waals surface area (Å²) in [4.78, 5) is 28.7. The molecule has 1 N–H and O–H groups in total. The lowest BCUT2D eigenvalue weighted by atomic mass is 9.98. The Morgan fingerprint density at radius 1 is 1.47 bits per heavy atom. The zero-order valence-electron chi connectivity index (χ0n) is 11.0. The predicted octanol–water partition coefficient (Wildman–Crippen LogP) is 1.65. The molecule has 1 fully saturated rings. The lowest BCUT2D eigenvalue weighted by Crippen LogP contribution is -2.40. The van der Waals surface area contributed by atoms with Crippen LogP contribution in [0.15, 0.2) is 24.5 Å². The first-order chi connectivity index (χ1) is 9.09. The molecule has 0 radical (unpaired) electrons. The first-order valence-electron chi connectivity index (χ1n) is 6.52. The normalized spacial score (nSPS) is 20.3. The first-order valence-corrected chi connectivity index (χ1v) is 6.52. The number of carbonyl (C=O) groups is 2. The molecule has 0 saturated carbocycles. The van der Waals surface area contributed by atoms with Crippen LogP contribution in [0.2, 0.25) is 0 Å². The van der Waals surface area contributed by atoms with Crippen molar-refractivity contribution >= 4 is 11.9 Å². The Balaban J connectivity index is 1.99. The number of carbonyl (C=O) groups excluding carboxylic acids is 1. The third kappa shape index (κ3) is 3.10. The van der Waals surface area contributed by atoms with E-state index in [4.69, 9.17) is 5.11 Å². The molecule has 1 aromatic rings. The maximum absolute atomic E-state index is 12.2. The molecule has 0 bridgehead atoms. The van der Waals surface area contributed by atoms with Gasteiger partial charge in [-0.15, -0.1) is 0 Å². The van der Waals surface area contributed by atoms with Gasteiger partial charge in [0, 0.05) is 25.4 Å². The van der Waals surface area contributed by atoms with Crippen LogP contribution in [0.1, 0.15) is 37.7 Å². The van der Waals surface area contributed by atoms with Gasteiger partial charge >= 0.3 is 5.97 Å². The van der Waals surface area contributed by atoms with Gasteiger partial charge in [-0.2, -0.15) is 0 Å². The summed E-state index contributed by atoms with van der Waals surface area (Å²) >= 11 is 0. The van der Waals surface area contributed by atoms with Gasteiger partial charge in [0.25, 0.3) is 0 Å². The highest BCUT2D eigenvalue weighted by Gasteiger charge is 2.34. The quantitative estimate of drug-likeness (QED) is 0.895. The summed E-state index contributed by atoms with van der Waals surface area (Å²) < 4.78 is 0. The second-order valence-electron chi connectivity index (χ2n) is 4.97. The minimum atomic E-state index is -0.901. The van der Waals surface area contributed by atoms with E-state index < -0.39 is 12.0 Å². The van der Waals surface area contributed by atoms with Crippen LogP contribution in [-0.2, 0) is 9.59 Å². The van der Waals surface area contributed by atoms with Gasteiger partial charge in [-0.25, -0.2) is 4.79 Å². The number of aromatic nitrogens is 1. The number of nitrogens with zero attached hydrogens (tertiary/aromatic N) is 2. The molecule has 0 aliphatic carbocycles. The van der Waals surface area contributed by atoms with Crippen molar-refractivity contribution in [3.8, 4) is 0 Å². The zero-order chi connectivity index (χ0) is 13.8. The van der Waals surface area contributed by atoms with Gasteiger partial charge in [-0.1, -0.05) is 6.92 Å². The summed E-state index contributed by atoms with van der Waals surface area (Å²) in [5, 5.41) is 9.08. The Hall–Kier alpha value is -1.91. The van der Waals surface area contributed by atoms with Gasteiger partial charge in [-0.05, 0) is 36.5 Å². The number of amides is 1. The molecular formula is C14H18N2O3. The molecule has 1 aliphatic heterocycles. The molecule has 102 valence electrons. The van der Waals surface area contributed by atoms with E-state index in [0.717, 1.165) is 12.0 Å². The fourth-order valence-corrected chi connectivity index (χ4v) is 2.51. The highest BCUT2D eigenvalue weighted by atomic mass is 16.4. The third-order valence-electron chi connectivity index (χ3n) is 3.61. The van der Waals surface area contributed by atoms with Crippen molar-refractivity contribution in [2.75, 3.05) is 6.54 Å². The highest BCUT2D eigenvalue weighted by Crippen LogP contribution is 2.23. The number of carboxylic acids is 1. The van der Waals surface area contributed by atoms with Crippen molar-refractivity contribution in [2.45, 2.75) is 38.1 Å². The van der Waals surface area contributed by atoms with Gasteiger partial charge in [0.2, 0.25) is 5.91 Å². The summed E-state index contributed by atoms with van der Waals surface area (Å²) in [6.45, 7) is 2.53. The maximum atomic E-state index is 12.2. The van der Waals surface area contributed by atoms with E-state index in [1.165, 1.54) is 4.90 Å². The van der Waals surface area contributed by atoms with Gasteiger partial charge < -0.3 is 10.0 Å². The van der Waals surface area contributed by atoms with Gasteiger partial charge in [0.1, 0.15) is 6.04 Å². The van der Waals surface area contributed by atoms with Gasteiger partial charge in [-0.3, -0.25) is 9.78 Å². The van der Waals surface area contributed by atoms with Crippen LogP contribution >= 0.6 is 0 Å². The highest BCUT2D eigenvalue weighted by molar-refractivity contribution is 5.84. The van der Waals surface area contributed by atoms with Gasteiger partial charge in [0.15, 0.2) is 0 Å². The van der Waals surface area contributed by atoms with Crippen molar-refractivity contribution < 1.29 is 14.7 Å². The van der Waals surface area contributed by atoms with Crippen LogP contribution < -0.4 is 0 Å². The Morgan fingerprint density at radius 3 is 2.79 bits per heavy atom. The van der Waals surface area contributed by atoms with Crippen molar-refractivity contribution in [1.29, 1.82) is 0 Å². The maximum Gasteiger partial charge on any atom is 0.326 e. The number of carboxylic acid groups (broad SMARTS) is 1. The number of hydrogen-bond acceptors (Lipinski definition) is 3. The molecule has 1 saturated heterocycles. The molecule has 19 heavy (non-hydrogen) atoms. The number of aliphatic carboxylic acids is 1. The molecule has 1 amide bonds. The van der Waals surface area contributed by atoms with Crippen LogP contribution in [-0.4, -0.2) is 39.5 Å². The number of pyridine rings is 1. The Bertz CT molecular complexity index is 461. The van der Waals surface area contributed by atoms with Crippen molar-refractivity contribution in [3.05, 3.63) is 30.1 Å². The molecule has 1 aliphatic rings. The van der Waals surface area contributed by atoms with E-state index in [-0.39, 0.29) is 11.8 Å². The summed E-state index contributed by atoms with van der Waals surface area (Å²) in [5.74, 6) is -0.901. The lowest BCUT2D eigenvalue weighted by Gasteiger charge is -2.23. The summed E-state index contributed by atoms with van der Waals surface area (Å²) in [7, 11) is 0. The molecule has 5 nitrogen and oxygen atoms in total. The summed E-state index contributed by atoms with van der Waals surface area (Å²) in [6, 6.07) is 3.13. The molecular weight excluding hydrogens is 244 g/mol. The van der Waals surface area contributed by atoms with E-state index in [9.17, 15) is 9.59 Å². The third-order valence-corrected chi connectivity index (χ3v) is 3.61. The fourth-order valence-electron chi connectivity index (χ4n) is 2.51. The van der Waals surface area contributed by atoms with Crippen LogP contribution in [0.5, 0.6) is 0 Å². The molecule has 0 aromatic carbocycles. The Labute approximate surface area is 112 Å². The largest absolute Gasteiger partial charge is 0.480 e. The topological polar surface area (TPSA) is 70.5 Å². The standard InChI is InChI=1S/C14H18N2O3/c1-10(11-4-6-15-7-5-11)9-13(17)16-8-2-3-12(16)14(18)19/h4-7,10,12H,2-3,8-9H2,1H3,(H,18,19)/t10-,12-/m0/s1. The van der Waals surface area contributed by atoms with Crippen molar-refractivity contribution in [1.82, 2.24) is 9.88 Å². The fraction of sp³-hybridized carbons (Fsp3) is 0.500. The smallest absolute Gasteiger partial charge is 0.326 e. The molecule has 5 heteroatoms. The van der Waals surface area contributed by atoms with Crippen LogP contribution in [0.25, 0.3) is 0 Å². The Morgan fingerprint density at radius 2 is 2.16 bits per heavy atom. The average molecular weight is 262 g/mol. The van der Waals surface area contributed by atoms with Gasteiger partial charge in [0.05, 0.1) is 0 Å². The van der Waals surface area contributed by atoms with E-state index in [1.54, 1.807) is 12.4 Å². The zero-order valence-corrected chi connectivity index (χ0v) is 11.0. The molecule has 0 unspecified atom stereocenters. The minimum Gasteiger partial charge on any atom is -0.480 e. The SMILES string of the molecule is C[C@@H](CC(=O)N1CCC[C@H]1C(=O)O)c1ccncc1. The number of likely N-dealkylation sites (tertiary alicyclic amines) is 1. The predicted molar refractivity (Wildman–Crippen MR) is 69.6 cm³/mol. The van der Waals surface area contributed by atoms with E-state index in [2.05, 4.69) is 4.98 Å². The number of hydrogen-bond donors (Lipinski definition) is 1. The molecule has 2 heterocycles. The first kappa shape index (κ1) is 13.5. The minimum absolute atomic E-state index is 0.0746. The molecule has 2 rings (SSSR count). The van der Waals surface area contributed by atoms with E-state index in [1.807, 2.05) is 19.1 Å². The van der Waals surface area contributed by atoms with Crippen LogP contribution in [0.3, 0.4) is 0 Å². The number of rotatable bonds is 4. The second-order valence-corrected chi connectivity index (χ2v) is 4.97. The van der Waals surface area contributed by atoms with Crippen molar-refractivity contribution in [2.24, 2.45) is 0 Å². The van der Waals surface area contributed by atoms with Crippen LogP contribution in [0.4, 0.5) is 0 Å². The lowest BCUT2D eigenvalue weighted by molar-refractivity contribution is -0.148. The van der Waals surface area contributed by atoms with E-state index in [0.29, 0.717) is 19.4 Å². The summed E-state index contributed by atoms with van der Waals surface area (Å²) in [5.41, 5.74) is 1.05. The molecule has 2 atom stereocenters. The monoisotopic (exact) mass is 262 g/mol. The van der Waals surface area contributed by atoms with E-state index >= 15 is 0 Å².